The Morgan fingerprint density at radius 3 is 1.54 bits per heavy atom. The second-order valence-corrected chi connectivity index (χ2v) is 12.9. The number of aryl methyl sites for hydroxylation is 4. The van der Waals surface area contributed by atoms with E-state index in [0.29, 0.717) is 45.6 Å². The van der Waals surface area contributed by atoms with E-state index in [2.05, 4.69) is 26.4 Å². The van der Waals surface area contributed by atoms with Crippen molar-refractivity contribution in [1.82, 2.24) is 19.9 Å². The standard InChI is InChI=1S/C38H40F6N4O4/c1-7-23-19(3)27-13-28-21(5)25(9-11-35(49)51-17-37(39,40)41)33(47-28)16-34-26(10-12-36(50)52-18-38(42,43)44)22(6)30(48-34)15-32-24(8-2)20(4)29(46-32)14-31(23)45-27/h13-16,45,48H,7-12,17-18H2,1-6H3. The number of halogens is 6. The number of nitrogens with zero attached hydrogens (tertiary/aromatic N) is 2. The summed E-state index contributed by atoms with van der Waals surface area (Å²) >= 11 is 0. The Hall–Kier alpha value is -4.88. The number of ether oxygens (including phenoxy) is 2. The molecule has 5 rings (SSSR count). The Bertz CT molecular complexity index is 2140. The van der Waals surface area contributed by atoms with Crippen LogP contribution in [0.25, 0.3) is 44.4 Å². The van der Waals surface area contributed by atoms with Crippen LogP contribution in [0, 0.1) is 13.8 Å². The second-order valence-electron chi connectivity index (χ2n) is 12.9. The van der Waals surface area contributed by atoms with Crippen molar-refractivity contribution in [1.29, 1.82) is 0 Å². The SMILES string of the molecule is CCC1=C(C)c2cc3[nH]c(cc4nc(cc5[nH]c(cc1n2)c(C)c5CCC(=O)OCC(F)(F)F)C(CCC(=O)OCC(F)(F)F)=C4C)c(C)c3CC. The Morgan fingerprint density at radius 2 is 1.02 bits per heavy atom. The first-order chi connectivity index (χ1) is 24.4. The number of hydrogen-bond donors (Lipinski definition) is 2. The van der Waals surface area contributed by atoms with Crippen molar-refractivity contribution in [3.8, 4) is 0 Å². The first-order valence-electron chi connectivity index (χ1n) is 17.0. The summed E-state index contributed by atoms with van der Waals surface area (Å²) in [5, 5.41) is 0. The first kappa shape index (κ1) is 38.4. The topological polar surface area (TPSA) is 110 Å². The van der Waals surface area contributed by atoms with Crippen molar-refractivity contribution in [3.05, 3.63) is 69.3 Å². The van der Waals surface area contributed by atoms with Gasteiger partial charge in [-0.2, -0.15) is 26.3 Å². The predicted molar refractivity (Wildman–Crippen MR) is 187 cm³/mol. The summed E-state index contributed by atoms with van der Waals surface area (Å²) in [4.78, 5) is 41.6. The van der Waals surface area contributed by atoms with Gasteiger partial charge in [-0.05, 0) is 122 Å². The molecule has 278 valence electrons. The molecule has 52 heavy (non-hydrogen) atoms. The molecule has 8 nitrogen and oxygen atoms in total. The Kier molecular flexibility index (Phi) is 11.1. The van der Waals surface area contributed by atoms with E-state index in [-0.39, 0.29) is 25.7 Å². The van der Waals surface area contributed by atoms with Crippen LogP contribution >= 0.6 is 0 Å². The molecule has 0 saturated carbocycles. The summed E-state index contributed by atoms with van der Waals surface area (Å²) < 4.78 is 85.3. The highest BCUT2D eigenvalue weighted by molar-refractivity contribution is 5.95. The number of allylic oxidation sites excluding steroid dienone is 4. The molecule has 0 atom stereocenters. The maximum absolute atomic E-state index is 12.7. The van der Waals surface area contributed by atoms with Crippen LogP contribution in [0.3, 0.4) is 0 Å². The van der Waals surface area contributed by atoms with Gasteiger partial charge in [-0.15, -0.1) is 0 Å². The summed E-state index contributed by atoms with van der Waals surface area (Å²) in [5.74, 6) is -2.03. The quantitative estimate of drug-likeness (QED) is 0.159. The number of aromatic nitrogens is 4. The van der Waals surface area contributed by atoms with E-state index < -0.39 is 37.5 Å². The summed E-state index contributed by atoms with van der Waals surface area (Å²) in [7, 11) is 0. The van der Waals surface area contributed by atoms with Crippen molar-refractivity contribution in [3.63, 3.8) is 0 Å². The number of hydrogen-bond acceptors (Lipinski definition) is 6. The minimum Gasteiger partial charge on any atom is -0.456 e. The molecule has 0 radical (unpaired) electrons. The third-order valence-corrected chi connectivity index (χ3v) is 9.46. The van der Waals surface area contributed by atoms with E-state index in [0.717, 1.165) is 56.7 Å². The lowest BCUT2D eigenvalue weighted by molar-refractivity contribution is -0.186. The van der Waals surface area contributed by atoms with Crippen LogP contribution < -0.4 is 0 Å². The van der Waals surface area contributed by atoms with Crippen LogP contribution in [0.15, 0.2) is 24.3 Å². The zero-order valence-electron chi connectivity index (χ0n) is 29.8. The Balaban J connectivity index is 1.74. The Morgan fingerprint density at radius 1 is 0.596 bits per heavy atom. The average molecular weight is 731 g/mol. The zero-order chi connectivity index (χ0) is 38.1. The number of carbonyl (C=O) groups is 2. The molecule has 0 aliphatic carbocycles. The highest BCUT2D eigenvalue weighted by atomic mass is 19.4. The van der Waals surface area contributed by atoms with E-state index in [1.54, 1.807) is 6.07 Å². The van der Waals surface area contributed by atoms with Crippen LogP contribution in [0.2, 0.25) is 0 Å². The third-order valence-electron chi connectivity index (χ3n) is 9.46. The van der Waals surface area contributed by atoms with E-state index in [9.17, 15) is 35.9 Å². The summed E-state index contributed by atoms with van der Waals surface area (Å²) in [5.41, 5.74) is 12.3. The van der Waals surface area contributed by atoms with Gasteiger partial charge in [0.1, 0.15) is 0 Å². The predicted octanol–water partition coefficient (Wildman–Crippen LogP) is 9.69. The number of alkyl halides is 6. The highest BCUT2D eigenvalue weighted by Crippen LogP contribution is 2.37. The van der Waals surface area contributed by atoms with E-state index in [1.165, 1.54) is 0 Å². The molecule has 0 unspecified atom stereocenters. The fourth-order valence-electron chi connectivity index (χ4n) is 6.68. The van der Waals surface area contributed by atoms with Crippen LogP contribution in [0.5, 0.6) is 0 Å². The van der Waals surface area contributed by atoms with Gasteiger partial charge in [0.25, 0.3) is 0 Å². The fourth-order valence-corrected chi connectivity index (χ4v) is 6.68. The molecule has 0 amide bonds. The largest absolute Gasteiger partial charge is 0.456 e. The molecule has 0 fully saturated rings. The molecule has 0 saturated heterocycles. The van der Waals surface area contributed by atoms with Crippen molar-refractivity contribution in [2.45, 2.75) is 92.4 Å². The molecule has 2 N–H and O–H groups in total. The second kappa shape index (κ2) is 15.0. The zero-order valence-corrected chi connectivity index (χ0v) is 29.8. The van der Waals surface area contributed by atoms with Crippen molar-refractivity contribution in [2.24, 2.45) is 0 Å². The van der Waals surface area contributed by atoms with Crippen LogP contribution in [-0.2, 0) is 31.9 Å². The molecule has 2 aliphatic rings. The number of fused-ring (bicyclic) bond motifs is 8. The molecule has 0 spiro atoms. The van der Waals surface area contributed by atoms with Gasteiger partial charge >= 0.3 is 24.3 Å². The lowest BCUT2D eigenvalue weighted by Gasteiger charge is -2.09. The number of esters is 2. The number of aromatic amines is 2. The molecule has 14 heteroatoms. The highest BCUT2D eigenvalue weighted by Gasteiger charge is 2.31. The van der Waals surface area contributed by atoms with Crippen molar-refractivity contribution >= 4 is 56.3 Å². The minimum atomic E-state index is -4.66. The molecule has 8 bridgehead atoms. The van der Waals surface area contributed by atoms with Gasteiger partial charge in [-0.1, -0.05) is 13.8 Å². The van der Waals surface area contributed by atoms with Gasteiger partial charge in [0, 0.05) is 34.9 Å². The number of H-pyrrole nitrogens is 2. The Labute approximate surface area is 296 Å². The van der Waals surface area contributed by atoms with Gasteiger partial charge in [-0.3, -0.25) is 9.59 Å². The molecule has 2 aliphatic heterocycles. The summed E-state index contributed by atoms with van der Waals surface area (Å²) in [6.07, 6.45) is -8.49. The number of carbonyl (C=O) groups excluding carboxylic acids is 2. The van der Waals surface area contributed by atoms with Crippen LogP contribution in [-0.4, -0.2) is 57.4 Å². The number of nitrogens with one attached hydrogen (secondary N) is 2. The van der Waals surface area contributed by atoms with E-state index in [1.807, 2.05) is 52.8 Å². The molecule has 5 heterocycles. The van der Waals surface area contributed by atoms with Crippen molar-refractivity contribution < 1.29 is 45.4 Å². The van der Waals surface area contributed by atoms with Gasteiger partial charge in [0.2, 0.25) is 0 Å². The summed E-state index contributed by atoms with van der Waals surface area (Å²) in [6, 6.07) is 7.54. The van der Waals surface area contributed by atoms with Gasteiger partial charge in [-0.25, -0.2) is 9.97 Å². The average Bonchev–Trinajstić information content (AvgIpc) is 3.72. The molecule has 3 aromatic heterocycles. The molecular formula is C38H40F6N4O4. The van der Waals surface area contributed by atoms with Crippen molar-refractivity contribution in [2.75, 3.05) is 13.2 Å². The normalized spacial score (nSPS) is 13.6. The molecular weight excluding hydrogens is 690 g/mol. The van der Waals surface area contributed by atoms with Gasteiger partial charge in [0.05, 0.1) is 22.8 Å². The monoisotopic (exact) mass is 730 g/mol. The van der Waals surface area contributed by atoms with E-state index in [4.69, 9.17) is 9.97 Å². The van der Waals surface area contributed by atoms with Gasteiger partial charge < -0.3 is 19.4 Å². The van der Waals surface area contributed by atoms with E-state index >= 15 is 0 Å². The fraction of sp³-hybridized carbons (Fsp3) is 0.421. The lowest BCUT2D eigenvalue weighted by atomic mass is 10.00. The first-order valence-corrected chi connectivity index (χ1v) is 17.0. The maximum atomic E-state index is 12.7. The third kappa shape index (κ3) is 8.59. The van der Waals surface area contributed by atoms with Crippen LogP contribution in [0.1, 0.15) is 98.4 Å². The summed E-state index contributed by atoms with van der Waals surface area (Å²) in [6.45, 7) is 8.39. The van der Waals surface area contributed by atoms with Gasteiger partial charge in [0.15, 0.2) is 13.2 Å². The maximum Gasteiger partial charge on any atom is 0.422 e. The minimum absolute atomic E-state index is 0.0228. The molecule has 0 aromatic carbocycles. The molecule has 3 aromatic rings. The lowest BCUT2D eigenvalue weighted by Crippen LogP contribution is -2.20. The smallest absolute Gasteiger partial charge is 0.422 e. The van der Waals surface area contributed by atoms with Crippen LogP contribution in [0.4, 0.5) is 26.3 Å². The number of rotatable bonds is 10.